The maximum atomic E-state index is 11.7. The molecule has 4 aromatic heterocycles. The van der Waals surface area contributed by atoms with Crippen molar-refractivity contribution in [3.63, 3.8) is 0 Å². The van der Waals surface area contributed by atoms with Crippen LogP contribution in [-0.2, 0) is 56.4 Å². The summed E-state index contributed by atoms with van der Waals surface area (Å²) in [7, 11) is 16.7. The summed E-state index contributed by atoms with van der Waals surface area (Å²) in [5, 5.41) is 32.8. The van der Waals surface area contributed by atoms with Gasteiger partial charge in [-0.05, 0) is 233 Å². The number of carboxylic acid groups (broad SMARTS) is 1. The summed E-state index contributed by atoms with van der Waals surface area (Å²) < 4.78 is 43.7. The van der Waals surface area contributed by atoms with Crippen LogP contribution in [0.5, 0.6) is 0 Å². The number of aliphatic hydroxyl groups is 1. The number of carbonyl (C=O) groups is 4. The second-order valence-electron chi connectivity index (χ2n) is 22.3. The Hall–Kier alpha value is -5.88. The molecule has 6 heterocycles. The fraction of sp³-hybridized carbons (Fsp3) is 0.394. The second-order valence-corrected chi connectivity index (χ2v) is 25.1. The molecule has 0 amide bonds. The van der Waals surface area contributed by atoms with Gasteiger partial charge in [0, 0.05) is 82.1 Å². The number of benzene rings is 4. The molecule has 2 fully saturated rings. The molecular weight excluding hydrogens is 1440 g/mol. The van der Waals surface area contributed by atoms with Crippen LogP contribution in [0.25, 0.3) is 33.8 Å². The number of aryl methyl sites for hydroxylation is 12. The molecule has 2 aliphatic heterocycles. The van der Waals surface area contributed by atoms with E-state index in [1.807, 2.05) is 168 Å². The van der Waals surface area contributed by atoms with Crippen molar-refractivity contribution < 1.29 is 92.7 Å². The number of methoxy groups -OCH3 is 3. The van der Waals surface area contributed by atoms with E-state index in [1.54, 1.807) is 47.1 Å². The number of aromatic carboxylic acids is 1. The van der Waals surface area contributed by atoms with Gasteiger partial charge in [0.1, 0.15) is 0 Å². The molecule has 95 heavy (non-hydrogen) atoms. The minimum atomic E-state index is -0.897. The van der Waals surface area contributed by atoms with Crippen molar-refractivity contribution in [3.8, 4) is 33.8 Å². The van der Waals surface area contributed by atoms with Crippen LogP contribution in [0.1, 0.15) is 126 Å². The van der Waals surface area contributed by atoms with E-state index >= 15 is 0 Å². The van der Waals surface area contributed by atoms with Crippen LogP contribution in [-0.4, -0.2) is 146 Å². The van der Waals surface area contributed by atoms with Gasteiger partial charge in [-0.25, -0.2) is 19.2 Å². The van der Waals surface area contributed by atoms with E-state index in [-0.39, 0.29) is 71.3 Å². The van der Waals surface area contributed by atoms with Crippen LogP contribution in [0.4, 0.5) is 0 Å². The van der Waals surface area contributed by atoms with Crippen LogP contribution in [0.2, 0.25) is 0 Å². The molecule has 0 aliphatic carbocycles. The Morgan fingerprint density at radius 2 is 0.895 bits per heavy atom. The molecule has 0 atom stereocenters. The smallest absolute Gasteiger partial charge is 0.870 e. The quantitative estimate of drug-likeness (QED) is 0.0552. The predicted octanol–water partition coefficient (Wildman–Crippen LogP) is 9.90. The first-order chi connectivity index (χ1) is 43.7. The number of hydrogen-bond acceptors (Lipinski definition) is 18. The molecule has 2 saturated heterocycles. The third kappa shape index (κ3) is 23.7. The average Bonchev–Trinajstić information content (AvgIpc) is 1.56. The molecule has 0 spiro atoms. The van der Waals surface area contributed by atoms with Gasteiger partial charge in [0.15, 0.2) is 0 Å². The van der Waals surface area contributed by atoms with Gasteiger partial charge in [0.05, 0.1) is 98.8 Å². The minimum Gasteiger partial charge on any atom is -0.870 e. The molecule has 3 N–H and O–H groups in total. The number of carbonyl (C=O) groups excluding carboxylic acids is 3. The Labute approximate surface area is 612 Å². The Balaban J connectivity index is 0.000000572. The first-order valence-electron chi connectivity index (χ1n) is 29.1. The van der Waals surface area contributed by atoms with Crippen LogP contribution in [0.3, 0.4) is 0 Å². The van der Waals surface area contributed by atoms with Crippen molar-refractivity contribution in [1.29, 1.82) is 0 Å². The number of nitrogens with zero attached hydrogens (tertiary/aromatic N) is 9. The molecule has 0 saturated carbocycles. The summed E-state index contributed by atoms with van der Waals surface area (Å²) in [4.78, 5) is 45.6. The molecule has 4 aromatic carbocycles. The van der Waals surface area contributed by atoms with Crippen LogP contribution < -0.4 is 35.2 Å². The van der Waals surface area contributed by atoms with Gasteiger partial charge >= 0.3 is 85.3 Å². The van der Waals surface area contributed by atoms with E-state index in [0.29, 0.717) is 22.3 Å². The summed E-state index contributed by atoms with van der Waals surface area (Å²) in [5.41, 5.74) is 16.1. The topological polar surface area (TPSA) is 278 Å². The summed E-state index contributed by atoms with van der Waals surface area (Å²) in [6.45, 7) is 25.5. The van der Waals surface area contributed by atoms with Gasteiger partial charge in [-0.3, -0.25) is 18.7 Å². The van der Waals surface area contributed by atoms with E-state index in [2.05, 4.69) is 97.7 Å². The van der Waals surface area contributed by atoms with Crippen molar-refractivity contribution >= 4 is 105 Å². The third-order valence-electron chi connectivity index (χ3n) is 15.2. The zero-order valence-electron chi connectivity index (χ0n) is 58.1. The van der Waals surface area contributed by atoms with Gasteiger partial charge in [-0.2, -0.15) is 20.4 Å². The van der Waals surface area contributed by atoms with Crippen molar-refractivity contribution in [3.05, 3.63) is 166 Å². The van der Waals surface area contributed by atoms with E-state index < -0.39 is 5.97 Å². The Morgan fingerprint density at radius 3 is 1.22 bits per heavy atom. The fourth-order valence-corrected chi connectivity index (χ4v) is 11.0. The SMILES string of the molecule is C1CCOC1.CO.COC(=O)c1cc(C)c(-c2c(Br)cnn2C)cc1C.COC(=O)c1cc(C)c(-c2ccnn2C)cc1C.COC(=O)c1cc(C)c(Br)cc1C.Cc1cc(-c2c(Br)cnn2C)c(C)cc1C(=O)O.Cn1nccc1B1OC(C)(C)C(C)(C)O1.[B]=NS.[Na+].[OH-]. The first-order valence-corrected chi connectivity index (χ1v) is 31.8. The normalized spacial score (nSPS) is 12.6. The van der Waals surface area contributed by atoms with E-state index in [9.17, 15) is 19.2 Å². The summed E-state index contributed by atoms with van der Waals surface area (Å²) in [5.74, 6) is -1.79. The predicted molar refractivity (Wildman–Crippen MR) is 381 cm³/mol. The molecule has 0 bridgehead atoms. The van der Waals surface area contributed by atoms with E-state index in [1.165, 1.54) is 34.2 Å². The van der Waals surface area contributed by atoms with Crippen molar-refractivity contribution in [1.82, 2.24) is 39.1 Å². The molecule has 22 nitrogen and oxygen atoms in total. The van der Waals surface area contributed by atoms with E-state index in [4.69, 9.17) is 33.7 Å². The van der Waals surface area contributed by atoms with Crippen LogP contribution in [0.15, 0.2) is 103 Å². The summed E-state index contributed by atoms with van der Waals surface area (Å²) >= 11 is 13.5. The van der Waals surface area contributed by atoms with Crippen LogP contribution in [0, 0.1) is 55.4 Å². The Kier molecular flexibility index (Phi) is 37.4. The fourth-order valence-electron chi connectivity index (χ4n) is 9.39. The number of aromatic nitrogens is 8. The largest absolute Gasteiger partial charge is 1.00 e. The summed E-state index contributed by atoms with van der Waals surface area (Å²) in [6, 6.07) is 18.9. The number of aliphatic hydroxyl groups excluding tert-OH is 1. The van der Waals surface area contributed by atoms with Gasteiger partial charge in [0.25, 0.3) is 0 Å². The molecule has 0 unspecified atom stereocenters. The molecule has 1 radical (unpaired) electrons. The monoisotopic (exact) mass is 1530 g/mol. The number of halogens is 3. The molecule has 29 heteroatoms. The zero-order valence-corrected chi connectivity index (χ0v) is 65.7. The van der Waals surface area contributed by atoms with Gasteiger partial charge in [0.2, 0.25) is 0 Å². The number of thiol groups is 1. The molecule has 507 valence electrons. The maximum absolute atomic E-state index is 11.7. The number of rotatable bonds is 8. The van der Waals surface area contributed by atoms with Crippen LogP contribution >= 0.6 is 60.6 Å². The van der Waals surface area contributed by atoms with Gasteiger partial charge in [-0.1, -0.05) is 15.9 Å². The molecule has 8 aromatic rings. The van der Waals surface area contributed by atoms with Crippen molar-refractivity contribution in [2.75, 3.05) is 41.7 Å². The Bertz CT molecular complexity index is 3810. The van der Waals surface area contributed by atoms with Crippen molar-refractivity contribution in [2.45, 2.75) is 107 Å². The number of ether oxygens (including phenoxy) is 4. The van der Waals surface area contributed by atoms with Crippen molar-refractivity contribution in [2.24, 2.45) is 32.5 Å². The number of carboxylic acids is 1. The number of hydrogen-bond donors (Lipinski definition) is 3. The van der Waals surface area contributed by atoms with Gasteiger partial charge < -0.3 is 43.9 Å². The second kappa shape index (κ2) is 40.7. The van der Waals surface area contributed by atoms with Gasteiger partial charge in [-0.15, -0.1) is 0 Å². The maximum Gasteiger partial charge on any atom is 1.00 e. The molecular formula is C66H86B2Br3N9NaO13S. The first kappa shape index (κ1) is 87.1. The Morgan fingerprint density at radius 1 is 0.547 bits per heavy atom. The molecule has 2 aliphatic rings. The molecule has 10 rings (SSSR count). The average molecular weight is 1530 g/mol. The third-order valence-corrected chi connectivity index (χ3v) is 17.3. The van der Waals surface area contributed by atoms with E-state index in [0.717, 1.165) is 118 Å². The summed E-state index contributed by atoms with van der Waals surface area (Å²) in [6.07, 6.45) is 9.56. The zero-order chi connectivity index (χ0) is 70.4. The standard InChI is InChI=1S/C14H15BrN2O2.C14H16N2O2.C13H13BrN2O2.C10H17BN2O2.C10H11BrO2.C4H8O.CH4O.BHNS.Na.H2O/c1-8-6-11(14(18)19-4)9(2)5-10(8)13-12(15)7-16-17(13)3;1-9-8-12(14(17)18-4)10(2)7-11(9)13-5-6-15-16(13)3;1-7-5-10(13(17)18)8(2)4-9(7)12-11(14)6-15-16(12)3;1-9(2)10(3,4)15-11(14-9)8-6-7-12-13(8)5;1-6-5-9(11)7(2)4-8(6)10(12)13-3;1-2-4-5-3-1;1-2;1-2-3;;/h5-7H,1-4H3;5-8H,1-4H3;4-6H,1-3H3,(H,17,18);6-7H,1-5H3;4-5H,1-3H3;1-4H2;2H,1H3;3H;;1H2/q;;;;;;;;+1;/p-1. The minimum absolute atomic E-state index is 0. The number of esters is 3.